The predicted octanol–water partition coefficient (Wildman–Crippen LogP) is 15.3. The molecule has 6 aromatic carbocycles. The van der Waals surface area contributed by atoms with Crippen LogP contribution in [0.25, 0.3) is 72.7 Å². The van der Waals surface area contributed by atoms with E-state index in [9.17, 15) is 6.48 Å². The van der Waals surface area contributed by atoms with E-state index >= 15 is 0 Å². The molecule has 0 bridgehead atoms. The van der Waals surface area contributed by atoms with Gasteiger partial charge in [-0.15, -0.1) is 29.3 Å². The smallest absolute Gasteiger partial charge is 0.148 e. The summed E-state index contributed by atoms with van der Waals surface area (Å²) in [5.41, 5.74) is 7.97. The fourth-order valence-electron chi connectivity index (χ4n) is 8.07. The van der Waals surface area contributed by atoms with E-state index in [0.29, 0.717) is 39.3 Å². The quantitative estimate of drug-likeness (QED) is 0.162. The minimum atomic E-state index is -3.37. The zero-order chi connectivity index (χ0) is 51.9. The van der Waals surface area contributed by atoms with E-state index in [2.05, 4.69) is 90.1 Å². The first-order valence-corrected chi connectivity index (χ1v) is 20.6. The SMILES string of the molecule is [2H]C(C)(C)c1cc(-n2c(-c3ccccc3O)nc3c(-c4[c-]c(-c5cc(-c6ccc(C(C([2H])([2H])[2H])(C([2H])([2H])[2H])C([2H])([2H])[2H])cc6)ccn5)cc(C(C)(C)C)c4)cccc32)ccc1-c1ccccc1C(C)(C)C.[Pt]. The van der Waals surface area contributed by atoms with Crippen LogP contribution in [0.2, 0.25) is 0 Å². The summed E-state index contributed by atoms with van der Waals surface area (Å²) in [6.45, 7) is 6.64. The van der Waals surface area contributed by atoms with Gasteiger partial charge in [0, 0.05) is 52.4 Å². The molecule has 0 unspecified atom stereocenters. The molecule has 0 aliphatic heterocycles. The Morgan fingerprint density at radius 2 is 1.31 bits per heavy atom. The first kappa shape index (κ1) is 33.0. The van der Waals surface area contributed by atoms with Gasteiger partial charge in [-0.1, -0.05) is 172 Å². The Morgan fingerprint density at radius 3 is 1.98 bits per heavy atom. The maximum atomic E-state index is 11.4. The molecule has 0 spiro atoms. The molecule has 0 saturated carbocycles. The Kier molecular flexibility index (Phi) is 9.03. The molecule has 4 nitrogen and oxygen atoms in total. The molecule has 0 aliphatic carbocycles. The van der Waals surface area contributed by atoms with Crippen LogP contribution in [0.4, 0.5) is 0 Å². The van der Waals surface area contributed by atoms with Crippen molar-refractivity contribution >= 4 is 11.0 Å². The van der Waals surface area contributed by atoms with E-state index in [1.807, 2.05) is 66.9 Å². The number of hydrogen-bond acceptors (Lipinski definition) is 3. The van der Waals surface area contributed by atoms with E-state index in [4.69, 9.17) is 22.3 Å². The number of phenolic OH excluding ortho intramolecular Hbond substituents is 1. The monoisotopic (exact) mass is 1010 g/mol. The number of hydrogen-bond donors (Lipinski definition) is 1. The number of aromatic nitrogens is 3. The van der Waals surface area contributed by atoms with Gasteiger partial charge in [0.25, 0.3) is 0 Å². The standard InChI is InChI=1S/C57H58N3O.Pt/c1-36(2)48-35-43(27-28-45(48)46-17-12-14-20-49(46)57(9,10)11)60-51-21-16-19-44(53(51)59-54(60)47-18-13-15-22-52(47)61)39-31-40(33-42(32-39)56(6,7)8)50-34-38(29-30-58-50)37-23-25-41(26-24-37)55(3,4)5;/h12-30,32-36,61H,1-11H3;/q-1;/i3D3,4D3,5D3,36D;. The van der Waals surface area contributed by atoms with Gasteiger partial charge < -0.3 is 5.11 Å². The maximum absolute atomic E-state index is 11.4. The number of rotatable bonds is 7. The predicted molar refractivity (Wildman–Crippen MR) is 257 cm³/mol. The van der Waals surface area contributed by atoms with Crippen molar-refractivity contribution in [1.29, 1.82) is 0 Å². The van der Waals surface area contributed by atoms with E-state index in [0.717, 1.165) is 44.6 Å². The van der Waals surface area contributed by atoms with Gasteiger partial charge in [0.2, 0.25) is 0 Å². The summed E-state index contributed by atoms with van der Waals surface area (Å²) < 4.78 is 85.1. The fourth-order valence-corrected chi connectivity index (χ4v) is 8.07. The summed E-state index contributed by atoms with van der Waals surface area (Å²) in [7, 11) is 0. The molecule has 0 radical (unpaired) electrons. The van der Waals surface area contributed by atoms with Gasteiger partial charge in [0.15, 0.2) is 0 Å². The van der Waals surface area contributed by atoms with Crippen LogP contribution >= 0.6 is 0 Å². The number of phenols is 1. The molecule has 2 aromatic heterocycles. The molecule has 0 fully saturated rings. The number of para-hydroxylation sites is 2. The summed E-state index contributed by atoms with van der Waals surface area (Å²) in [6, 6.07) is 44.8. The van der Waals surface area contributed by atoms with Crippen molar-refractivity contribution in [2.75, 3.05) is 0 Å². The number of nitrogens with zero attached hydrogens (tertiary/aromatic N) is 3. The number of aromatic hydroxyl groups is 1. The van der Waals surface area contributed by atoms with Crippen molar-refractivity contribution in [3.8, 4) is 67.5 Å². The van der Waals surface area contributed by atoms with Crippen LogP contribution in [0.15, 0.2) is 140 Å². The van der Waals surface area contributed by atoms with E-state index < -0.39 is 31.9 Å². The molecule has 0 saturated heterocycles. The van der Waals surface area contributed by atoms with Crippen molar-refractivity contribution in [2.45, 2.75) is 98.1 Å². The molecular weight excluding hydrogens is 938 g/mol. The molecule has 0 amide bonds. The minimum Gasteiger partial charge on any atom is -0.507 e. The average Bonchev–Trinajstić information content (AvgIpc) is 3.66. The largest absolute Gasteiger partial charge is 0.507 e. The van der Waals surface area contributed by atoms with Crippen molar-refractivity contribution in [3.63, 3.8) is 0 Å². The number of pyridine rings is 1. The topological polar surface area (TPSA) is 50.9 Å². The number of benzene rings is 6. The first-order valence-electron chi connectivity index (χ1n) is 25.6. The van der Waals surface area contributed by atoms with Crippen LogP contribution in [0, 0.1) is 6.07 Å². The third-order valence-corrected chi connectivity index (χ3v) is 11.4. The van der Waals surface area contributed by atoms with Gasteiger partial charge in [-0.05, 0) is 97.5 Å². The van der Waals surface area contributed by atoms with Crippen molar-refractivity contribution in [3.05, 3.63) is 168 Å². The second kappa shape index (κ2) is 16.9. The molecule has 2 heterocycles. The molecular formula is C57H58N3OPt-. The van der Waals surface area contributed by atoms with Crippen LogP contribution in [0.1, 0.15) is 118 Å². The molecule has 8 rings (SSSR count). The first-order chi connectivity index (χ1) is 32.9. The average molecular weight is 1010 g/mol. The van der Waals surface area contributed by atoms with Gasteiger partial charge in [-0.25, -0.2) is 4.98 Å². The Hall–Kier alpha value is -5.57. The fraction of sp³-hybridized carbons (Fsp3) is 0.263. The van der Waals surface area contributed by atoms with Gasteiger partial charge in [-0.2, -0.15) is 0 Å². The van der Waals surface area contributed by atoms with Gasteiger partial charge >= 0.3 is 0 Å². The summed E-state index contributed by atoms with van der Waals surface area (Å²) in [5.74, 6) is -0.410. The molecule has 318 valence electrons. The maximum Gasteiger partial charge on any atom is 0.148 e. The summed E-state index contributed by atoms with van der Waals surface area (Å²) in [4.78, 5) is 10.1. The summed E-state index contributed by atoms with van der Waals surface area (Å²) in [6.07, 6.45) is 1.65. The zero-order valence-electron chi connectivity index (χ0n) is 46.4. The molecule has 0 atom stereocenters. The number of imidazole rings is 1. The Bertz CT molecular complexity index is 3260. The molecule has 5 heteroatoms. The van der Waals surface area contributed by atoms with Crippen LogP contribution in [-0.4, -0.2) is 19.6 Å². The Labute approximate surface area is 397 Å². The molecule has 8 aromatic rings. The van der Waals surface area contributed by atoms with Crippen molar-refractivity contribution < 1.29 is 39.9 Å². The van der Waals surface area contributed by atoms with Crippen LogP contribution in [-0.2, 0) is 37.3 Å². The summed E-state index contributed by atoms with van der Waals surface area (Å²) >= 11 is 0. The number of fused-ring (bicyclic) bond motifs is 1. The second-order valence-electron chi connectivity index (χ2n) is 18.2. The van der Waals surface area contributed by atoms with Gasteiger partial charge in [0.05, 0.1) is 16.6 Å². The van der Waals surface area contributed by atoms with Crippen LogP contribution in [0.5, 0.6) is 5.75 Å². The van der Waals surface area contributed by atoms with Gasteiger partial charge in [-0.3, -0.25) is 9.55 Å². The van der Waals surface area contributed by atoms with Crippen LogP contribution in [0.3, 0.4) is 0 Å². The minimum absolute atomic E-state index is 0. The molecule has 0 aliphatic rings. The third kappa shape index (κ3) is 8.73. The summed E-state index contributed by atoms with van der Waals surface area (Å²) in [5, 5.41) is 11.4. The van der Waals surface area contributed by atoms with Gasteiger partial charge in [0.1, 0.15) is 11.6 Å². The molecule has 1 N–H and O–H groups in total. The molecule has 62 heavy (non-hydrogen) atoms. The van der Waals surface area contributed by atoms with E-state index in [-0.39, 0.29) is 43.2 Å². The van der Waals surface area contributed by atoms with Crippen molar-refractivity contribution in [2.24, 2.45) is 0 Å². The third-order valence-electron chi connectivity index (χ3n) is 11.4. The normalized spacial score (nSPS) is 15.4. The Morgan fingerprint density at radius 1 is 0.629 bits per heavy atom. The zero-order valence-corrected chi connectivity index (χ0v) is 38.7. The van der Waals surface area contributed by atoms with Crippen LogP contribution < -0.4 is 0 Å². The van der Waals surface area contributed by atoms with E-state index in [1.165, 1.54) is 17.7 Å². The second-order valence-corrected chi connectivity index (χ2v) is 18.2. The van der Waals surface area contributed by atoms with E-state index in [1.54, 1.807) is 36.5 Å². The van der Waals surface area contributed by atoms with Crippen molar-refractivity contribution in [1.82, 2.24) is 14.5 Å². The Balaban J connectivity index is 0.00000760.